The van der Waals surface area contributed by atoms with Gasteiger partial charge < -0.3 is 10.6 Å². The highest BCUT2D eigenvalue weighted by molar-refractivity contribution is 7.10. The fraction of sp³-hybridized carbons (Fsp3) is 0.100. The lowest BCUT2D eigenvalue weighted by Crippen LogP contribution is -2.38. The molecule has 1 unspecified atom stereocenters. The molecular weight excluding hydrogens is 351 g/mol. The van der Waals surface area contributed by atoms with E-state index in [-0.39, 0.29) is 18.5 Å². The van der Waals surface area contributed by atoms with Crippen molar-refractivity contribution in [1.82, 2.24) is 10.6 Å². The normalized spacial score (nSPS) is 11.6. The van der Waals surface area contributed by atoms with Gasteiger partial charge in [0.15, 0.2) is 0 Å². The van der Waals surface area contributed by atoms with Gasteiger partial charge in [0.2, 0.25) is 5.91 Å². The molecule has 26 heavy (non-hydrogen) atoms. The minimum Gasteiger partial charge on any atom is -0.343 e. The molecule has 2 N–H and O–H groups in total. The number of hydrogen-bond donors (Lipinski definition) is 2. The molecule has 132 valence electrons. The highest BCUT2D eigenvalue weighted by Crippen LogP contribution is 2.25. The van der Waals surface area contributed by atoms with E-state index in [0.717, 1.165) is 10.4 Å². The third kappa shape index (κ3) is 4.55. The van der Waals surface area contributed by atoms with E-state index < -0.39 is 11.7 Å². The third-order valence-electron chi connectivity index (χ3n) is 3.78. The van der Waals surface area contributed by atoms with Crippen LogP contribution in [-0.4, -0.2) is 18.4 Å². The molecule has 6 heteroatoms. The molecule has 1 atom stereocenters. The lowest BCUT2D eigenvalue weighted by atomic mass is 10.1. The average Bonchev–Trinajstić information content (AvgIpc) is 3.20. The molecule has 0 saturated heterocycles. The van der Waals surface area contributed by atoms with Gasteiger partial charge in [0.05, 0.1) is 12.6 Å². The maximum Gasteiger partial charge on any atom is 0.251 e. The smallest absolute Gasteiger partial charge is 0.251 e. The Labute approximate surface area is 154 Å². The molecule has 2 aromatic carbocycles. The van der Waals surface area contributed by atoms with Crippen LogP contribution in [0.4, 0.5) is 4.39 Å². The summed E-state index contributed by atoms with van der Waals surface area (Å²) in [5.74, 6) is -1.14. The second-order valence-electron chi connectivity index (χ2n) is 5.62. The summed E-state index contributed by atoms with van der Waals surface area (Å²) >= 11 is 1.55. The van der Waals surface area contributed by atoms with Crippen molar-refractivity contribution in [1.29, 1.82) is 0 Å². The number of benzene rings is 2. The number of carbonyl (C=O) groups is 2. The summed E-state index contributed by atoms with van der Waals surface area (Å²) in [4.78, 5) is 25.4. The summed E-state index contributed by atoms with van der Waals surface area (Å²) in [6, 6.07) is 18.4. The summed E-state index contributed by atoms with van der Waals surface area (Å²) in [5, 5.41) is 7.45. The van der Waals surface area contributed by atoms with Crippen molar-refractivity contribution in [2.45, 2.75) is 6.04 Å². The van der Waals surface area contributed by atoms with Gasteiger partial charge in [0.25, 0.3) is 5.91 Å². The molecule has 3 aromatic rings. The standard InChI is InChI=1S/C20H17FN2O2S/c21-16-10-8-15(9-11-16)20(25)22-13-18(24)23-19(17-7-4-12-26-17)14-5-2-1-3-6-14/h1-12,19H,13H2,(H,22,25)(H,23,24). The molecule has 0 aliphatic carbocycles. The predicted molar refractivity (Wildman–Crippen MR) is 99.5 cm³/mol. The second-order valence-corrected chi connectivity index (χ2v) is 6.60. The maximum atomic E-state index is 12.9. The molecule has 0 fully saturated rings. The zero-order valence-corrected chi connectivity index (χ0v) is 14.6. The molecule has 0 saturated carbocycles. The van der Waals surface area contributed by atoms with Gasteiger partial charge >= 0.3 is 0 Å². The number of hydrogen-bond acceptors (Lipinski definition) is 3. The quantitative estimate of drug-likeness (QED) is 0.699. The van der Waals surface area contributed by atoms with E-state index in [4.69, 9.17) is 0 Å². The van der Waals surface area contributed by atoms with Crippen LogP contribution in [0.2, 0.25) is 0 Å². The molecule has 0 aliphatic heterocycles. The molecule has 3 rings (SSSR count). The van der Waals surface area contributed by atoms with Crippen LogP contribution in [-0.2, 0) is 4.79 Å². The highest BCUT2D eigenvalue weighted by atomic mass is 32.1. The van der Waals surface area contributed by atoms with E-state index in [9.17, 15) is 14.0 Å². The van der Waals surface area contributed by atoms with Crippen molar-refractivity contribution in [3.8, 4) is 0 Å². The van der Waals surface area contributed by atoms with E-state index >= 15 is 0 Å². The first kappa shape index (κ1) is 17.8. The molecule has 1 heterocycles. The first-order valence-corrected chi connectivity index (χ1v) is 8.93. The molecule has 0 radical (unpaired) electrons. The van der Waals surface area contributed by atoms with Crippen LogP contribution < -0.4 is 10.6 Å². The first-order valence-electron chi connectivity index (χ1n) is 8.05. The fourth-order valence-corrected chi connectivity index (χ4v) is 3.30. The van der Waals surface area contributed by atoms with E-state index in [0.29, 0.717) is 5.56 Å². The maximum absolute atomic E-state index is 12.9. The van der Waals surface area contributed by atoms with Gasteiger partial charge in [-0.05, 0) is 41.3 Å². The second kappa shape index (κ2) is 8.40. The zero-order valence-electron chi connectivity index (χ0n) is 13.8. The summed E-state index contributed by atoms with van der Waals surface area (Å²) in [6.45, 7) is -0.162. The molecular formula is C20H17FN2O2S. The zero-order chi connectivity index (χ0) is 18.4. The molecule has 1 aromatic heterocycles. The van der Waals surface area contributed by atoms with Gasteiger partial charge in [0.1, 0.15) is 5.82 Å². The van der Waals surface area contributed by atoms with Crippen LogP contribution in [0, 0.1) is 5.82 Å². The van der Waals surface area contributed by atoms with E-state index in [1.165, 1.54) is 24.3 Å². The summed E-state index contributed by atoms with van der Waals surface area (Å²) in [7, 11) is 0. The summed E-state index contributed by atoms with van der Waals surface area (Å²) in [6.07, 6.45) is 0. The Morgan fingerprint density at radius 1 is 0.962 bits per heavy atom. The van der Waals surface area contributed by atoms with Crippen LogP contribution in [0.1, 0.15) is 26.8 Å². The Bertz CT molecular complexity index is 865. The topological polar surface area (TPSA) is 58.2 Å². The van der Waals surface area contributed by atoms with E-state index in [2.05, 4.69) is 10.6 Å². The van der Waals surface area contributed by atoms with Crippen molar-refractivity contribution < 1.29 is 14.0 Å². The first-order chi connectivity index (χ1) is 12.6. The van der Waals surface area contributed by atoms with Gasteiger partial charge in [0, 0.05) is 10.4 Å². The van der Waals surface area contributed by atoms with Gasteiger partial charge in [-0.1, -0.05) is 36.4 Å². The Morgan fingerprint density at radius 2 is 1.69 bits per heavy atom. The number of rotatable bonds is 6. The van der Waals surface area contributed by atoms with Crippen molar-refractivity contribution >= 4 is 23.2 Å². The van der Waals surface area contributed by atoms with Crippen molar-refractivity contribution in [2.75, 3.05) is 6.54 Å². The van der Waals surface area contributed by atoms with Crippen molar-refractivity contribution in [2.24, 2.45) is 0 Å². The fourth-order valence-electron chi connectivity index (χ4n) is 2.50. The monoisotopic (exact) mass is 368 g/mol. The number of amides is 2. The highest BCUT2D eigenvalue weighted by Gasteiger charge is 2.18. The van der Waals surface area contributed by atoms with Crippen LogP contribution in [0.15, 0.2) is 72.1 Å². The molecule has 0 spiro atoms. The van der Waals surface area contributed by atoms with Crippen molar-refractivity contribution in [3.63, 3.8) is 0 Å². The van der Waals surface area contributed by atoms with Gasteiger partial charge in [-0.2, -0.15) is 0 Å². The number of thiophene rings is 1. The number of carbonyl (C=O) groups excluding carboxylic acids is 2. The average molecular weight is 368 g/mol. The minimum absolute atomic E-state index is 0.162. The summed E-state index contributed by atoms with van der Waals surface area (Å²) < 4.78 is 12.9. The predicted octanol–water partition coefficient (Wildman–Crippen LogP) is 3.52. The Kier molecular flexibility index (Phi) is 5.76. The lowest BCUT2D eigenvalue weighted by Gasteiger charge is -2.18. The SMILES string of the molecule is O=C(CNC(=O)c1ccc(F)cc1)NC(c1ccccc1)c1cccs1. The third-order valence-corrected chi connectivity index (χ3v) is 4.72. The Balaban J connectivity index is 1.63. The van der Waals surface area contributed by atoms with Gasteiger partial charge in [-0.15, -0.1) is 11.3 Å². The minimum atomic E-state index is -0.424. The lowest BCUT2D eigenvalue weighted by molar-refractivity contribution is -0.120. The van der Waals surface area contributed by atoms with Crippen LogP contribution in [0.25, 0.3) is 0 Å². The van der Waals surface area contributed by atoms with E-state index in [1.54, 1.807) is 11.3 Å². The van der Waals surface area contributed by atoms with Crippen LogP contribution >= 0.6 is 11.3 Å². The van der Waals surface area contributed by atoms with Crippen molar-refractivity contribution in [3.05, 3.63) is 93.9 Å². The Morgan fingerprint density at radius 3 is 2.35 bits per heavy atom. The molecule has 0 aliphatic rings. The van der Waals surface area contributed by atoms with Gasteiger partial charge in [-0.3, -0.25) is 9.59 Å². The Hall–Kier alpha value is -2.99. The molecule has 2 amide bonds. The largest absolute Gasteiger partial charge is 0.343 e. The number of nitrogens with one attached hydrogen (secondary N) is 2. The van der Waals surface area contributed by atoms with Crippen LogP contribution in [0.3, 0.4) is 0 Å². The summed E-state index contributed by atoms with van der Waals surface area (Å²) in [5.41, 5.74) is 1.27. The van der Waals surface area contributed by atoms with Crippen LogP contribution in [0.5, 0.6) is 0 Å². The van der Waals surface area contributed by atoms with Gasteiger partial charge in [-0.25, -0.2) is 4.39 Å². The molecule has 4 nitrogen and oxygen atoms in total. The van der Waals surface area contributed by atoms with E-state index in [1.807, 2.05) is 47.8 Å². The molecule has 0 bridgehead atoms. The number of halogens is 1.